The molecule has 0 aliphatic heterocycles. The van der Waals surface area contributed by atoms with Crippen LogP contribution in [0.2, 0.25) is 5.02 Å². The van der Waals surface area contributed by atoms with Gasteiger partial charge in [-0.3, -0.25) is 0 Å². The summed E-state index contributed by atoms with van der Waals surface area (Å²) in [5.41, 5.74) is 3.34. The molecule has 90 valence electrons. The fourth-order valence-corrected chi connectivity index (χ4v) is 2.24. The zero-order valence-electron chi connectivity index (χ0n) is 10.2. The number of halogens is 1. The monoisotopic (exact) mass is 255 g/mol. The normalized spacial score (nSPS) is 11.8. The molecule has 1 unspecified atom stereocenters. The number of hydrogen-bond acceptors (Lipinski definition) is 1. The Morgan fingerprint density at radius 3 is 2.61 bits per heavy atom. The van der Waals surface area contributed by atoms with Gasteiger partial charge in [0.05, 0.1) is 12.0 Å². The van der Waals surface area contributed by atoms with E-state index >= 15 is 0 Å². The van der Waals surface area contributed by atoms with Gasteiger partial charge in [0.1, 0.15) is 0 Å². The number of hydrogen-bond donors (Lipinski definition) is 0. The minimum absolute atomic E-state index is 0.122. The smallest absolute Gasteiger partial charge is 0.0753 e. The third-order valence-electron chi connectivity index (χ3n) is 2.93. The Bertz CT molecular complexity index is 584. The van der Waals surface area contributed by atoms with Gasteiger partial charge in [0.15, 0.2) is 0 Å². The van der Waals surface area contributed by atoms with E-state index in [1.807, 2.05) is 49.4 Å². The molecule has 0 saturated carbocycles. The second kappa shape index (κ2) is 5.71. The predicted molar refractivity (Wildman–Crippen MR) is 74.7 cm³/mol. The molecule has 0 aliphatic carbocycles. The van der Waals surface area contributed by atoms with Crippen LogP contribution in [0.3, 0.4) is 0 Å². The Hall–Kier alpha value is -1.78. The first-order valence-corrected chi connectivity index (χ1v) is 6.27. The molecule has 0 N–H and O–H groups in total. The van der Waals surface area contributed by atoms with Crippen LogP contribution in [-0.2, 0) is 6.42 Å². The van der Waals surface area contributed by atoms with Crippen LogP contribution in [0.1, 0.15) is 22.6 Å². The number of nitrogens with zero attached hydrogens (tertiary/aromatic N) is 1. The second-order valence-electron chi connectivity index (χ2n) is 4.43. The van der Waals surface area contributed by atoms with E-state index in [1.54, 1.807) is 0 Å². The Morgan fingerprint density at radius 1 is 1.17 bits per heavy atom. The summed E-state index contributed by atoms with van der Waals surface area (Å²) in [6.45, 7) is 2.04. The Morgan fingerprint density at radius 2 is 1.94 bits per heavy atom. The van der Waals surface area contributed by atoms with Crippen LogP contribution in [0.4, 0.5) is 0 Å². The number of nitriles is 1. The maximum atomic E-state index is 9.32. The van der Waals surface area contributed by atoms with Crippen molar-refractivity contribution < 1.29 is 0 Å². The Kier molecular flexibility index (Phi) is 4.02. The summed E-state index contributed by atoms with van der Waals surface area (Å²) in [5.74, 6) is -0.122. The highest BCUT2D eigenvalue weighted by Gasteiger charge is 2.11. The van der Waals surface area contributed by atoms with E-state index in [0.717, 1.165) is 11.1 Å². The maximum Gasteiger partial charge on any atom is 0.0753 e. The van der Waals surface area contributed by atoms with Gasteiger partial charge in [0.2, 0.25) is 0 Å². The van der Waals surface area contributed by atoms with Gasteiger partial charge >= 0.3 is 0 Å². The van der Waals surface area contributed by atoms with E-state index in [1.165, 1.54) is 5.56 Å². The molecule has 0 aromatic heterocycles. The number of aryl methyl sites for hydroxylation is 1. The third kappa shape index (κ3) is 3.12. The zero-order valence-corrected chi connectivity index (χ0v) is 11.0. The van der Waals surface area contributed by atoms with Gasteiger partial charge in [-0.25, -0.2) is 0 Å². The fraction of sp³-hybridized carbons (Fsp3) is 0.188. The minimum Gasteiger partial charge on any atom is -0.198 e. The summed E-state index contributed by atoms with van der Waals surface area (Å²) in [7, 11) is 0. The lowest BCUT2D eigenvalue weighted by Gasteiger charge is -2.10. The van der Waals surface area contributed by atoms with E-state index in [0.29, 0.717) is 11.4 Å². The van der Waals surface area contributed by atoms with Gasteiger partial charge in [-0.15, -0.1) is 0 Å². The molecule has 1 nitrogen and oxygen atoms in total. The quantitative estimate of drug-likeness (QED) is 0.792. The van der Waals surface area contributed by atoms with Crippen LogP contribution in [-0.4, -0.2) is 0 Å². The van der Waals surface area contributed by atoms with Crippen molar-refractivity contribution in [1.29, 1.82) is 5.26 Å². The average Bonchev–Trinajstić information content (AvgIpc) is 2.36. The molecular formula is C16H14ClN. The van der Waals surface area contributed by atoms with Crippen molar-refractivity contribution in [3.8, 4) is 6.07 Å². The first-order chi connectivity index (χ1) is 8.69. The largest absolute Gasteiger partial charge is 0.198 e. The van der Waals surface area contributed by atoms with Crippen molar-refractivity contribution in [1.82, 2.24) is 0 Å². The SMILES string of the molecule is Cc1cccc(C(C#N)Cc2cccc(Cl)c2)c1. The van der Waals surface area contributed by atoms with Gasteiger partial charge in [0, 0.05) is 5.02 Å². The molecule has 0 fully saturated rings. The van der Waals surface area contributed by atoms with Gasteiger partial charge in [-0.1, -0.05) is 53.6 Å². The highest BCUT2D eigenvalue weighted by Crippen LogP contribution is 2.22. The van der Waals surface area contributed by atoms with Crippen LogP contribution in [0.15, 0.2) is 48.5 Å². The molecular weight excluding hydrogens is 242 g/mol. The molecule has 2 aromatic rings. The van der Waals surface area contributed by atoms with Crippen molar-refractivity contribution in [2.24, 2.45) is 0 Å². The molecule has 1 atom stereocenters. The van der Waals surface area contributed by atoms with Crippen LogP contribution >= 0.6 is 11.6 Å². The molecule has 0 aliphatic rings. The number of benzene rings is 2. The standard InChI is InChI=1S/C16H14ClN/c1-12-4-2-6-14(8-12)15(11-18)9-13-5-3-7-16(17)10-13/h2-8,10,15H,9H2,1H3. The fourth-order valence-electron chi connectivity index (χ4n) is 2.02. The molecule has 2 heteroatoms. The van der Waals surface area contributed by atoms with E-state index in [4.69, 9.17) is 11.6 Å². The third-order valence-corrected chi connectivity index (χ3v) is 3.16. The highest BCUT2D eigenvalue weighted by molar-refractivity contribution is 6.30. The van der Waals surface area contributed by atoms with E-state index in [-0.39, 0.29) is 5.92 Å². The molecule has 0 bridgehead atoms. The summed E-state index contributed by atoms with van der Waals surface area (Å²) in [4.78, 5) is 0. The first-order valence-electron chi connectivity index (χ1n) is 5.89. The van der Waals surface area contributed by atoms with Crippen LogP contribution < -0.4 is 0 Å². The average molecular weight is 256 g/mol. The molecule has 0 amide bonds. The molecule has 0 heterocycles. The second-order valence-corrected chi connectivity index (χ2v) is 4.87. The minimum atomic E-state index is -0.122. The van der Waals surface area contributed by atoms with Crippen molar-refractivity contribution in [3.05, 3.63) is 70.2 Å². The van der Waals surface area contributed by atoms with Gasteiger partial charge in [-0.2, -0.15) is 5.26 Å². The van der Waals surface area contributed by atoms with Crippen molar-refractivity contribution in [3.63, 3.8) is 0 Å². The summed E-state index contributed by atoms with van der Waals surface area (Å²) < 4.78 is 0. The molecule has 0 spiro atoms. The van der Waals surface area contributed by atoms with E-state index in [9.17, 15) is 5.26 Å². The topological polar surface area (TPSA) is 23.8 Å². The zero-order chi connectivity index (χ0) is 13.0. The summed E-state index contributed by atoms with van der Waals surface area (Å²) >= 11 is 5.96. The van der Waals surface area contributed by atoms with Crippen LogP contribution in [0.5, 0.6) is 0 Å². The lowest BCUT2D eigenvalue weighted by Crippen LogP contribution is -2.00. The molecule has 0 saturated heterocycles. The number of rotatable bonds is 3. The maximum absolute atomic E-state index is 9.32. The molecule has 0 radical (unpaired) electrons. The summed E-state index contributed by atoms with van der Waals surface area (Å²) in [6.07, 6.45) is 0.695. The molecule has 18 heavy (non-hydrogen) atoms. The Labute approximate surface area is 113 Å². The lowest BCUT2D eigenvalue weighted by molar-refractivity contribution is 0.848. The van der Waals surface area contributed by atoms with Gasteiger partial charge in [-0.05, 0) is 36.6 Å². The molecule has 2 aromatic carbocycles. The van der Waals surface area contributed by atoms with Crippen LogP contribution in [0, 0.1) is 18.3 Å². The highest BCUT2D eigenvalue weighted by atomic mass is 35.5. The first kappa shape index (κ1) is 12.7. The summed E-state index contributed by atoms with van der Waals surface area (Å²) in [6, 6.07) is 18.2. The lowest BCUT2D eigenvalue weighted by atomic mass is 9.92. The van der Waals surface area contributed by atoms with Crippen molar-refractivity contribution >= 4 is 11.6 Å². The summed E-state index contributed by atoms with van der Waals surface area (Å²) in [5, 5.41) is 10.0. The van der Waals surface area contributed by atoms with E-state index < -0.39 is 0 Å². The van der Waals surface area contributed by atoms with Gasteiger partial charge in [0.25, 0.3) is 0 Å². The van der Waals surface area contributed by atoms with Crippen molar-refractivity contribution in [2.75, 3.05) is 0 Å². The van der Waals surface area contributed by atoms with E-state index in [2.05, 4.69) is 12.1 Å². The van der Waals surface area contributed by atoms with Gasteiger partial charge < -0.3 is 0 Å². The molecule has 2 rings (SSSR count). The predicted octanol–water partition coefficient (Wildman–Crippen LogP) is 4.50. The Balaban J connectivity index is 2.23. The van der Waals surface area contributed by atoms with Crippen LogP contribution in [0.25, 0.3) is 0 Å². The van der Waals surface area contributed by atoms with Crippen molar-refractivity contribution in [2.45, 2.75) is 19.3 Å².